The third-order valence-corrected chi connectivity index (χ3v) is 3.42. The summed E-state index contributed by atoms with van der Waals surface area (Å²) in [7, 11) is 0. The second-order valence-electron chi connectivity index (χ2n) is 3.67. The van der Waals surface area contributed by atoms with Gasteiger partial charge in [-0.15, -0.1) is 23.2 Å². The molecule has 1 aliphatic rings. The summed E-state index contributed by atoms with van der Waals surface area (Å²) in [4.78, 5) is 11.3. The molecular formula is C9H14BrCl2NO. The van der Waals surface area contributed by atoms with Crippen molar-refractivity contribution in [1.82, 2.24) is 5.32 Å². The Balaban J connectivity index is 2.05. The van der Waals surface area contributed by atoms with Crippen molar-refractivity contribution < 1.29 is 4.79 Å². The second-order valence-corrected chi connectivity index (χ2v) is 6.11. The molecule has 0 aromatic carbocycles. The first kappa shape index (κ1) is 12.6. The van der Waals surface area contributed by atoms with Gasteiger partial charge < -0.3 is 5.32 Å². The molecule has 0 heterocycles. The van der Waals surface area contributed by atoms with Crippen LogP contribution in [0.4, 0.5) is 0 Å². The van der Waals surface area contributed by atoms with Crippen molar-refractivity contribution in [2.24, 2.45) is 0 Å². The molecule has 1 rings (SSSR count). The van der Waals surface area contributed by atoms with Crippen molar-refractivity contribution in [3.05, 3.63) is 0 Å². The van der Waals surface area contributed by atoms with Crippen LogP contribution in [0.5, 0.6) is 0 Å². The highest BCUT2D eigenvalue weighted by Gasteiger charge is 2.41. The fourth-order valence-electron chi connectivity index (χ4n) is 1.44. The Hall–Kier alpha value is 0.530. The molecule has 82 valence electrons. The summed E-state index contributed by atoms with van der Waals surface area (Å²) in [6.45, 7) is 0. The Morgan fingerprint density at radius 3 is 2.57 bits per heavy atom. The number of hydrogen-bond donors (Lipinski definition) is 1. The predicted octanol–water partition coefficient (Wildman–Crippen LogP) is 3.00. The summed E-state index contributed by atoms with van der Waals surface area (Å²) in [6.07, 6.45) is 3.89. The Kier molecular flexibility index (Phi) is 5.01. The highest BCUT2D eigenvalue weighted by Crippen LogP contribution is 2.42. The number of amides is 1. The van der Waals surface area contributed by atoms with Crippen LogP contribution in [0.25, 0.3) is 0 Å². The summed E-state index contributed by atoms with van der Waals surface area (Å²) >= 11 is 15.0. The summed E-state index contributed by atoms with van der Waals surface area (Å²) in [5, 5.41) is 3.86. The molecule has 0 unspecified atom stereocenters. The zero-order chi connectivity index (χ0) is 10.6. The van der Waals surface area contributed by atoms with Gasteiger partial charge in [-0.3, -0.25) is 4.79 Å². The van der Waals surface area contributed by atoms with E-state index < -0.39 is 4.33 Å². The topological polar surface area (TPSA) is 29.1 Å². The lowest BCUT2D eigenvalue weighted by Gasteiger charge is -2.38. The Morgan fingerprint density at radius 1 is 1.43 bits per heavy atom. The van der Waals surface area contributed by atoms with Crippen LogP contribution in [0.2, 0.25) is 0 Å². The van der Waals surface area contributed by atoms with Gasteiger partial charge >= 0.3 is 0 Å². The highest BCUT2D eigenvalue weighted by atomic mass is 79.9. The Labute approximate surface area is 103 Å². The molecule has 1 N–H and O–H groups in total. The third kappa shape index (κ3) is 4.37. The molecule has 0 aromatic heterocycles. The highest BCUT2D eigenvalue weighted by molar-refractivity contribution is 9.09. The first-order valence-corrected chi connectivity index (χ1v) is 6.64. The van der Waals surface area contributed by atoms with Crippen molar-refractivity contribution >= 4 is 45.0 Å². The first-order chi connectivity index (χ1) is 6.53. The Bertz CT molecular complexity index is 203. The van der Waals surface area contributed by atoms with Gasteiger partial charge in [0.05, 0.1) is 0 Å². The van der Waals surface area contributed by atoms with Gasteiger partial charge in [0.1, 0.15) is 4.33 Å². The lowest BCUT2D eigenvalue weighted by Crippen LogP contribution is -2.49. The summed E-state index contributed by atoms with van der Waals surface area (Å²) in [5.41, 5.74) is 0. The van der Waals surface area contributed by atoms with Crippen LogP contribution in [0.3, 0.4) is 0 Å². The van der Waals surface area contributed by atoms with Crippen molar-refractivity contribution in [2.45, 2.75) is 42.5 Å². The van der Waals surface area contributed by atoms with Crippen molar-refractivity contribution in [3.63, 3.8) is 0 Å². The molecule has 0 atom stereocenters. The SMILES string of the molecule is O=C(CCCCBr)NC1CC(Cl)(Cl)C1. The minimum Gasteiger partial charge on any atom is -0.353 e. The summed E-state index contributed by atoms with van der Waals surface area (Å²) < 4.78 is -0.603. The van der Waals surface area contributed by atoms with Crippen molar-refractivity contribution in [3.8, 4) is 0 Å². The standard InChI is InChI=1S/C9H14BrCl2NO/c10-4-2-1-3-8(14)13-7-5-9(11,12)6-7/h7H,1-6H2,(H,13,14). The summed E-state index contributed by atoms with van der Waals surface area (Å²) in [6, 6.07) is 0.182. The van der Waals surface area contributed by atoms with E-state index in [1.54, 1.807) is 0 Å². The van der Waals surface area contributed by atoms with E-state index in [9.17, 15) is 4.79 Å². The number of halogens is 3. The molecule has 0 aromatic rings. The minimum absolute atomic E-state index is 0.111. The van der Waals surface area contributed by atoms with Crippen LogP contribution in [-0.4, -0.2) is 21.6 Å². The molecule has 0 aliphatic heterocycles. The van der Waals surface area contributed by atoms with E-state index in [0.29, 0.717) is 19.3 Å². The van der Waals surface area contributed by atoms with Gasteiger partial charge in [0.2, 0.25) is 5.91 Å². The van der Waals surface area contributed by atoms with Gasteiger partial charge in [0.15, 0.2) is 0 Å². The molecule has 1 aliphatic carbocycles. The lowest BCUT2D eigenvalue weighted by molar-refractivity contribution is -0.122. The first-order valence-electron chi connectivity index (χ1n) is 4.77. The van der Waals surface area contributed by atoms with E-state index in [-0.39, 0.29) is 11.9 Å². The fourth-order valence-corrected chi connectivity index (χ4v) is 2.58. The van der Waals surface area contributed by atoms with E-state index in [2.05, 4.69) is 21.2 Å². The molecule has 1 saturated carbocycles. The number of alkyl halides is 3. The molecule has 14 heavy (non-hydrogen) atoms. The average molecular weight is 303 g/mol. The number of unbranched alkanes of at least 4 members (excludes halogenated alkanes) is 1. The van der Waals surface area contributed by atoms with E-state index >= 15 is 0 Å². The molecule has 1 amide bonds. The van der Waals surface area contributed by atoms with E-state index in [0.717, 1.165) is 18.2 Å². The van der Waals surface area contributed by atoms with Crippen molar-refractivity contribution in [1.29, 1.82) is 0 Å². The Morgan fingerprint density at radius 2 is 2.07 bits per heavy atom. The number of carbonyl (C=O) groups excluding carboxylic acids is 1. The van der Waals surface area contributed by atoms with Gasteiger partial charge in [0.25, 0.3) is 0 Å². The zero-order valence-electron chi connectivity index (χ0n) is 7.86. The minimum atomic E-state index is -0.603. The number of nitrogens with one attached hydrogen (secondary N) is 1. The third-order valence-electron chi connectivity index (χ3n) is 2.24. The molecule has 2 nitrogen and oxygen atoms in total. The van der Waals surface area contributed by atoms with Gasteiger partial charge in [-0.05, 0) is 12.8 Å². The predicted molar refractivity (Wildman–Crippen MR) is 63.2 cm³/mol. The maximum Gasteiger partial charge on any atom is 0.220 e. The van der Waals surface area contributed by atoms with Crippen LogP contribution in [0.15, 0.2) is 0 Å². The fraction of sp³-hybridized carbons (Fsp3) is 0.889. The number of rotatable bonds is 5. The molecular weight excluding hydrogens is 289 g/mol. The molecule has 1 fully saturated rings. The smallest absolute Gasteiger partial charge is 0.220 e. The largest absolute Gasteiger partial charge is 0.353 e. The molecule has 0 bridgehead atoms. The molecule has 0 saturated heterocycles. The second kappa shape index (κ2) is 5.57. The number of carbonyl (C=O) groups is 1. The van der Waals surface area contributed by atoms with Crippen LogP contribution in [0, 0.1) is 0 Å². The summed E-state index contributed by atoms with van der Waals surface area (Å²) in [5.74, 6) is 0.111. The van der Waals surface area contributed by atoms with Crippen LogP contribution < -0.4 is 5.32 Å². The van der Waals surface area contributed by atoms with Gasteiger partial charge in [-0.1, -0.05) is 15.9 Å². The van der Waals surface area contributed by atoms with Gasteiger partial charge in [0, 0.05) is 30.6 Å². The van der Waals surface area contributed by atoms with Gasteiger partial charge in [-0.2, -0.15) is 0 Å². The normalized spacial score (nSPS) is 20.2. The van der Waals surface area contributed by atoms with Crippen LogP contribution >= 0.6 is 39.1 Å². The number of hydrogen-bond acceptors (Lipinski definition) is 1. The quantitative estimate of drug-likeness (QED) is 0.614. The van der Waals surface area contributed by atoms with Crippen molar-refractivity contribution in [2.75, 3.05) is 5.33 Å². The molecule has 5 heteroatoms. The average Bonchev–Trinajstić information content (AvgIpc) is 2.01. The molecule has 0 radical (unpaired) electrons. The maximum atomic E-state index is 11.3. The zero-order valence-corrected chi connectivity index (χ0v) is 11.0. The van der Waals surface area contributed by atoms with Crippen LogP contribution in [0.1, 0.15) is 32.1 Å². The van der Waals surface area contributed by atoms with E-state index in [1.807, 2.05) is 0 Å². The van der Waals surface area contributed by atoms with E-state index in [1.165, 1.54) is 0 Å². The molecule has 0 spiro atoms. The van der Waals surface area contributed by atoms with Gasteiger partial charge in [-0.25, -0.2) is 0 Å². The van der Waals surface area contributed by atoms with Crippen LogP contribution in [-0.2, 0) is 4.79 Å². The lowest BCUT2D eigenvalue weighted by atomic mass is 9.91. The van der Waals surface area contributed by atoms with E-state index in [4.69, 9.17) is 23.2 Å². The monoisotopic (exact) mass is 301 g/mol. The maximum absolute atomic E-state index is 11.3.